The number of ether oxygens (including phenoxy) is 2. The van der Waals surface area contributed by atoms with Gasteiger partial charge in [0.2, 0.25) is 0 Å². The number of nitrogens with zero attached hydrogens (tertiary/aromatic N) is 1. The molecule has 8 heteroatoms. The van der Waals surface area contributed by atoms with Crippen molar-refractivity contribution in [2.45, 2.75) is 26.4 Å². The Bertz CT molecular complexity index is 1020. The highest BCUT2D eigenvalue weighted by Crippen LogP contribution is 2.35. The lowest BCUT2D eigenvalue weighted by molar-refractivity contribution is -0.137. The second-order valence-electron chi connectivity index (χ2n) is 7.24. The summed E-state index contributed by atoms with van der Waals surface area (Å²) in [4.78, 5) is 27.4. The summed E-state index contributed by atoms with van der Waals surface area (Å²) in [6.07, 6.45) is 0.505. The number of carbonyl (C=O) groups is 2. The van der Waals surface area contributed by atoms with E-state index in [1.165, 1.54) is 13.2 Å². The maximum Gasteiger partial charge on any atom is 0.278 e. The fourth-order valence-electron chi connectivity index (χ4n) is 3.26. The molecule has 3 rings (SSSR count). The first kappa shape index (κ1) is 22.4. The van der Waals surface area contributed by atoms with E-state index in [1.807, 2.05) is 13.8 Å². The number of amides is 2. The molecule has 0 saturated heterocycles. The van der Waals surface area contributed by atoms with E-state index >= 15 is 0 Å². The van der Waals surface area contributed by atoms with E-state index in [1.54, 1.807) is 24.3 Å². The summed E-state index contributed by atoms with van der Waals surface area (Å²) < 4.78 is 37.8. The van der Waals surface area contributed by atoms with E-state index in [-0.39, 0.29) is 29.6 Å². The first-order chi connectivity index (χ1) is 14.8. The second-order valence-corrected chi connectivity index (χ2v) is 7.24. The smallest absolute Gasteiger partial charge is 0.278 e. The zero-order chi connectivity index (χ0) is 22.5. The number of rotatable bonds is 9. The second kappa shape index (κ2) is 9.70. The van der Waals surface area contributed by atoms with Gasteiger partial charge in [0.15, 0.2) is 11.6 Å². The van der Waals surface area contributed by atoms with Crippen LogP contribution in [-0.4, -0.2) is 43.1 Å². The summed E-state index contributed by atoms with van der Waals surface area (Å²) in [6.45, 7) is 4.35. The van der Waals surface area contributed by atoms with Crippen molar-refractivity contribution < 1.29 is 27.8 Å². The Kier molecular flexibility index (Phi) is 7.02. The molecule has 0 spiro atoms. The number of para-hydroxylation sites is 1. The molecule has 1 heterocycles. The van der Waals surface area contributed by atoms with Crippen LogP contribution in [0.15, 0.2) is 48.2 Å². The Morgan fingerprint density at radius 1 is 1.03 bits per heavy atom. The van der Waals surface area contributed by atoms with Crippen molar-refractivity contribution in [2.75, 3.05) is 25.6 Å². The SMILES string of the molecule is COc1ccccc1C1=C(Nc2ccc(F)c(F)c2)C(=O)N(CCCOC(C)C)C1=O. The van der Waals surface area contributed by atoms with Crippen LogP contribution in [0.5, 0.6) is 5.75 Å². The molecule has 31 heavy (non-hydrogen) atoms. The first-order valence-corrected chi connectivity index (χ1v) is 9.91. The van der Waals surface area contributed by atoms with Gasteiger partial charge in [0.05, 0.1) is 18.8 Å². The van der Waals surface area contributed by atoms with Gasteiger partial charge in [-0.05, 0) is 38.5 Å². The van der Waals surface area contributed by atoms with Gasteiger partial charge >= 0.3 is 0 Å². The molecule has 1 N–H and O–H groups in total. The lowest BCUT2D eigenvalue weighted by atomic mass is 10.0. The van der Waals surface area contributed by atoms with Crippen molar-refractivity contribution in [3.8, 4) is 5.75 Å². The molecule has 0 atom stereocenters. The van der Waals surface area contributed by atoms with Gasteiger partial charge in [-0.15, -0.1) is 0 Å². The van der Waals surface area contributed by atoms with Gasteiger partial charge in [-0.2, -0.15) is 0 Å². The molecule has 0 fully saturated rings. The maximum absolute atomic E-state index is 13.7. The quantitative estimate of drug-likeness (QED) is 0.482. The van der Waals surface area contributed by atoms with E-state index in [9.17, 15) is 18.4 Å². The summed E-state index contributed by atoms with van der Waals surface area (Å²) in [5, 5.41) is 2.80. The highest BCUT2D eigenvalue weighted by Gasteiger charge is 2.40. The van der Waals surface area contributed by atoms with Crippen molar-refractivity contribution in [1.29, 1.82) is 0 Å². The van der Waals surface area contributed by atoms with Gasteiger partial charge in [0.1, 0.15) is 11.4 Å². The molecule has 1 aliphatic heterocycles. The van der Waals surface area contributed by atoms with Crippen LogP contribution in [0.25, 0.3) is 5.57 Å². The predicted octanol–water partition coefficient (Wildman–Crippen LogP) is 3.98. The van der Waals surface area contributed by atoms with Gasteiger partial charge in [-0.1, -0.05) is 18.2 Å². The Morgan fingerprint density at radius 3 is 2.45 bits per heavy atom. The van der Waals surface area contributed by atoms with E-state index in [0.717, 1.165) is 17.0 Å². The van der Waals surface area contributed by atoms with Gasteiger partial charge in [-0.25, -0.2) is 8.78 Å². The van der Waals surface area contributed by atoms with Crippen molar-refractivity contribution in [1.82, 2.24) is 4.90 Å². The molecule has 0 unspecified atom stereocenters. The minimum atomic E-state index is -1.07. The average molecular weight is 430 g/mol. The van der Waals surface area contributed by atoms with Crippen LogP contribution < -0.4 is 10.1 Å². The lowest BCUT2D eigenvalue weighted by Crippen LogP contribution is -2.34. The van der Waals surface area contributed by atoms with Crippen LogP contribution in [0, 0.1) is 11.6 Å². The summed E-state index contributed by atoms with van der Waals surface area (Å²) in [5.74, 6) is -2.72. The fraction of sp³-hybridized carbons (Fsp3) is 0.304. The minimum Gasteiger partial charge on any atom is -0.496 e. The predicted molar refractivity (Wildman–Crippen MR) is 112 cm³/mol. The van der Waals surface area contributed by atoms with Gasteiger partial charge in [0.25, 0.3) is 11.8 Å². The van der Waals surface area contributed by atoms with Crippen LogP contribution in [0.2, 0.25) is 0 Å². The standard InChI is InChI=1S/C23H24F2N2O4/c1-14(2)31-12-6-11-27-22(28)20(16-7-4-5-8-19(16)30-3)21(23(27)29)26-15-9-10-17(24)18(25)13-15/h4-5,7-10,13-14,26H,6,11-12H2,1-3H3. The Hall–Kier alpha value is -3.26. The molecule has 0 bridgehead atoms. The number of imide groups is 1. The monoisotopic (exact) mass is 430 g/mol. The minimum absolute atomic E-state index is 0.0229. The third kappa shape index (κ3) is 4.91. The normalized spacial score (nSPS) is 14.1. The summed E-state index contributed by atoms with van der Waals surface area (Å²) in [5.41, 5.74) is 0.657. The van der Waals surface area contributed by atoms with Gasteiger partial charge in [0, 0.05) is 30.5 Å². The topological polar surface area (TPSA) is 67.9 Å². The molecule has 2 amide bonds. The molecule has 2 aromatic rings. The molecule has 0 radical (unpaired) electrons. The van der Waals surface area contributed by atoms with Crippen LogP contribution in [0.3, 0.4) is 0 Å². The third-order valence-electron chi connectivity index (χ3n) is 4.71. The Labute approximate surface area is 179 Å². The van der Waals surface area contributed by atoms with Crippen LogP contribution in [-0.2, 0) is 14.3 Å². The number of nitrogens with one attached hydrogen (secondary N) is 1. The Morgan fingerprint density at radius 2 is 1.77 bits per heavy atom. The number of anilines is 1. The van der Waals surface area contributed by atoms with Crippen LogP contribution >= 0.6 is 0 Å². The molecule has 2 aromatic carbocycles. The molecule has 1 aliphatic rings. The maximum atomic E-state index is 13.7. The van der Waals surface area contributed by atoms with Crippen molar-refractivity contribution in [2.24, 2.45) is 0 Å². The van der Waals surface area contributed by atoms with Gasteiger partial charge < -0.3 is 14.8 Å². The molecule has 0 saturated carbocycles. The number of carbonyl (C=O) groups excluding carboxylic acids is 2. The van der Waals surface area contributed by atoms with E-state index < -0.39 is 23.4 Å². The summed E-state index contributed by atoms with van der Waals surface area (Å²) in [7, 11) is 1.46. The highest BCUT2D eigenvalue weighted by atomic mass is 19.2. The lowest BCUT2D eigenvalue weighted by Gasteiger charge is -2.16. The largest absolute Gasteiger partial charge is 0.496 e. The van der Waals surface area contributed by atoms with Crippen LogP contribution in [0.4, 0.5) is 14.5 Å². The van der Waals surface area contributed by atoms with Crippen LogP contribution in [0.1, 0.15) is 25.8 Å². The Balaban J connectivity index is 1.97. The summed E-state index contributed by atoms with van der Waals surface area (Å²) >= 11 is 0. The zero-order valence-corrected chi connectivity index (χ0v) is 17.6. The summed E-state index contributed by atoms with van der Waals surface area (Å²) in [6, 6.07) is 9.97. The molecular weight excluding hydrogens is 406 g/mol. The zero-order valence-electron chi connectivity index (χ0n) is 17.6. The number of benzene rings is 2. The molecule has 164 valence electrons. The van der Waals surface area contributed by atoms with E-state index in [2.05, 4.69) is 5.32 Å². The molecule has 0 aromatic heterocycles. The van der Waals surface area contributed by atoms with Gasteiger partial charge in [-0.3, -0.25) is 14.5 Å². The van der Waals surface area contributed by atoms with Crippen molar-refractivity contribution >= 4 is 23.1 Å². The average Bonchev–Trinajstić information content (AvgIpc) is 2.97. The van der Waals surface area contributed by atoms with Crippen molar-refractivity contribution in [3.63, 3.8) is 0 Å². The molecule has 0 aliphatic carbocycles. The van der Waals surface area contributed by atoms with Crippen molar-refractivity contribution in [3.05, 3.63) is 65.4 Å². The number of hydrogen-bond acceptors (Lipinski definition) is 5. The molecule has 6 nitrogen and oxygen atoms in total. The number of hydrogen-bond donors (Lipinski definition) is 1. The number of halogens is 2. The highest BCUT2D eigenvalue weighted by molar-refractivity contribution is 6.37. The van der Waals surface area contributed by atoms with E-state index in [4.69, 9.17) is 9.47 Å². The fourth-order valence-corrected chi connectivity index (χ4v) is 3.26. The molecular formula is C23H24F2N2O4. The van der Waals surface area contributed by atoms with E-state index in [0.29, 0.717) is 24.3 Å². The first-order valence-electron chi connectivity index (χ1n) is 9.91. The number of methoxy groups -OCH3 is 1. The third-order valence-corrected chi connectivity index (χ3v) is 4.71.